The highest BCUT2D eigenvalue weighted by atomic mass is 19.1. The van der Waals surface area contributed by atoms with Crippen molar-refractivity contribution in [2.75, 3.05) is 6.54 Å². The minimum absolute atomic E-state index is 0.0872. The second kappa shape index (κ2) is 11.9. The number of rotatable bonds is 8. The number of alkyl halides is 1. The van der Waals surface area contributed by atoms with Crippen LogP contribution in [0.1, 0.15) is 78.1 Å². The number of piperidine rings is 1. The van der Waals surface area contributed by atoms with Gasteiger partial charge in [-0.2, -0.15) is 0 Å². The third-order valence-electron chi connectivity index (χ3n) is 7.68. The van der Waals surface area contributed by atoms with Gasteiger partial charge in [-0.15, -0.1) is 0 Å². The summed E-state index contributed by atoms with van der Waals surface area (Å²) >= 11 is 0. The van der Waals surface area contributed by atoms with Crippen LogP contribution in [0.15, 0.2) is 33.9 Å². The summed E-state index contributed by atoms with van der Waals surface area (Å²) in [5.74, 6) is -0.552. The topological polar surface area (TPSA) is 103 Å². The van der Waals surface area contributed by atoms with Crippen molar-refractivity contribution < 1.29 is 18.8 Å². The van der Waals surface area contributed by atoms with Crippen LogP contribution in [0, 0.1) is 5.92 Å². The number of allylic oxidation sites excluding steroid dienone is 4. The molecule has 1 saturated carbocycles. The van der Waals surface area contributed by atoms with Crippen molar-refractivity contribution in [2.24, 2.45) is 15.9 Å². The van der Waals surface area contributed by atoms with E-state index in [4.69, 9.17) is 0 Å². The molecule has 2 fully saturated rings. The molecule has 4 atom stereocenters. The van der Waals surface area contributed by atoms with Crippen LogP contribution in [0.5, 0.6) is 0 Å². The highest BCUT2D eigenvalue weighted by Crippen LogP contribution is 2.25. The van der Waals surface area contributed by atoms with Crippen molar-refractivity contribution in [3.63, 3.8) is 0 Å². The molecule has 0 bridgehead atoms. The summed E-state index contributed by atoms with van der Waals surface area (Å²) in [7, 11) is 0. The molecule has 2 N–H and O–H groups in total. The Morgan fingerprint density at radius 1 is 1.08 bits per heavy atom. The number of hydrogen-bond donors (Lipinski definition) is 2. The lowest BCUT2D eigenvalue weighted by molar-refractivity contribution is -0.139. The van der Waals surface area contributed by atoms with Crippen LogP contribution in [-0.4, -0.2) is 65.0 Å². The molecule has 3 amide bonds. The van der Waals surface area contributed by atoms with Gasteiger partial charge >= 0.3 is 0 Å². The molecule has 196 valence electrons. The van der Waals surface area contributed by atoms with Crippen molar-refractivity contribution in [2.45, 2.75) is 102 Å². The number of carbonyl (C=O) groups excluding carboxylic acids is 3. The maximum absolute atomic E-state index is 14.2. The lowest BCUT2D eigenvalue weighted by atomic mass is 9.88. The first-order valence-corrected chi connectivity index (χ1v) is 13.5. The molecule has 9 heteroatoms. The van der Waals surface area contributed by atoms with Crippen LogP contribution in [0.3, 0.4) is 0 Å². The van der Waals surface area contributed by atoms with Crippen LogP contribution in [0.2, 0.25) is 0 Å². The normalized spacial score (nSPS) is 25.8. The van der Waals surface area contributed by atoms with E-state index in [1.165, 1.54) is 6.08 Å². The van der Waals surface area contributed by atoms with Gasteiger partial charge in [-0.1, -0.05) is 32.3 Å². The molecule has 2 heterocycles. The number of aliphatic imine (C=N–C) groups is 2. The van der Waals surface area contributed by atoms with Crippen LogP contribution in [-0.2, 0) is 14.4 Å². The van der Waals surface area contributed by atoms with E-state index in [2.05, 4.69) is 27.5 Å². The Hall–Kier alpha value is -2.84. The highest BCUT2D eigenvalue weighted by Gasteiger charge is 2.34. The van der Waals surface area contributed by atoms with Gasteiger partial charge in [0, 0.05) is 18.5 Å². The van der Waals surface area contributed by atoms with E-state index < -0.39 is 24.2 Å². The Bertz CT molecular complexity index is 982. The number of hydrogen-bond acceptors (Lipinski definition) is 5. The summed E-state index contributed by atoms with van der Waals surface area (Å²) < 4.78 is 14.2. The van der Waals surface area contributed by atoms with Gasteiger partial charge in [0.05, 0.1) is 18.2 Å². The average Bonchev–Trinajstić information content (AvgIpc) is 3.34. The molecule has 36 heavy (non-hydrogen) atoms. The van der Waals surface area contributed by atoms with Gasteiger partial charge < -0.3 is 15.5 Å². The van der Waals surface area contributed by atoms with Gasteiger partial charge in [0.2, 0.25) is 17.7 Å². The summed E-state index contributed by atoms with van der Waals surface area (Å²) in [6.45, 7) is 4.47. The number of nitrogens with zero attached hydrogens (tertiary/aromatic N) is 3. The van der Waals surface area contributed by atoms with Gasteiger partial charge in [0.1, 0.15) is 11.8 Å². The maximum Gasteiger partial charge on any atom is 0.243 e. The first kappa shape index (κ1) is 26.2. The van der Waals surface area contributed by atoms with Crippen molar-refractivity contribution in [3.8, 4) is 0 Å². The van der Waals surface area contributed by atoms with Gasteiger partial charge in [-0.3, -0.25) is 14.4 Å². The second-order valence-electron chi connectivity index (χ2n) is 10.3. The van der Waals surface area contributed by atoms with E-state index in [9.17, 15) is 18.8 Å². The highest BCUT2D eigenvalue weighted by molar-refractivity contribution is 6.17. The number of halogens is 1. The molecule has 1 unspecified atom stereocenters. The van der Waals surface area contributed by atoms with Crippen molar-refractivity contribution >= 4 is 29.3 Å². The minimum Gasteiger partial charge on any atom is -0.345 e. The number of amides is 3. The third kappa shape index (κ3) is 6.10. The number of amidine groups is 1. The van der Waals surface area contributed by atoms with Gasteiger partial charge in [0.25, 0.3) is 0 Å². The molecular weight excluding hydrogens is 461 g/mol. The predicted octanol–water partition coefficient (Wildman–Crippen LogP) is 3.38. The summed E-state index contributed by atoms with van der Waals surface area (Å²) in [6, 6.07) is -1.42. The van der Waals surface area contributed by atoms with E-state index in [0.29, 0.717) is 18.1 Å². The zero-order chi connectivity index (χ0) is 25.7. The largest absolute Gasteiger partial charge is 0.345 e. The van der Waals surface area contributed by atoms with Crippen molar-refractivity contribution in [3.05, 3.63) is 23.9 Å². The Morgan fingerprint density at radius 2 is 1.83 bits per heavy atom. The van der Waals surface area contributed by atoms with Crippen LogP contribution in [0.25, 0.3) is 0 Å². The summed E-state index contributed by atoms with van der Waals surface area (Å²) in [5, 5.41) is 5.74. The van der Waals surface area contributed by atoms with Gasteiger partial charge in [-0.05, 0) is 57.6 Å². The molecule has 0 aromatic heterocycles. The molecule has 4 rings (SSSR count). The fourth-order valence-electron chi connectivity index (χ4n) is 5.53. The number of fused-ring (bicyclic) bond motifs is 1. The summed E-state index contributed by atoms with van der Waals surface area (Å²) in [5.41, 5.74) is 0.691. The Labute approximate surface area is 212 Å². The fraction of sp³-hybridized carbons (Fsp3) is 0.667. The molecule has 0 radical (unpaired) electrons. The number of nitrogens with one attached hydrogen (secondary N) is 2. The van der Waals surface area contributed by atoms with E-state index in [0.717, 1.165) is 57.8 Å². The Balaban J connectivity index is 1.45. The van der Waals surface area contributed by atoms with E-state index in [1.54, 1.807) is 19.1 Å². The first-order chi connectivity index (χ1) is 17.4. The maximum atomic E-state index is 14.2. The average molecular weight is 500 g/mol. The molecule has 0 aromatic carbocycles. The third-order valence-corrected chi connectivity index (χ3v) is 7.68. The number of likely N-dealkylation sites (tertiary alicyclic amines) is 1. The molecule has 2 aliphatic carbocycles. The molecular formula is C27H38FN5O3. The molecule has 8 nitrogen and oxygen atoms in total. The van der Waals surface area contributed by atoms with Crippen molar-refractivity contribution in [1.29, 1.82) is 0 Å². The van der Waals surface area contributed by atoms with E-state index in [1.807, 2.05) is 4.90 Å². The van der Waals surface area contributed by atoms with Crippen LogP contribution in [0.4, 0.5) is 4.39 Å². The van der Waals surface area contributed by atoms with Crippen LogP contribution >= 0.6 is 0 Å². The van der Waals surface area contributed by atoms with Crippen LogP contribution < -0.4 is 10.6 Å². The molecule has 0 spiro atoms. The smallest absolute Gasteiger partial charge is 0.243 e. The zero-order valence-electron chi connectivity index (χ0n) is 21.3. The zero-order valence-corrected chi connectivity index (χ0v) is 21.3. The minimum atomic E-state index is -1.33. The lowest BCUT2D eigenvalue weighted by Crippen LogP contribution is -2.54. The monoisotopic (exact) mass is 499 g/mol. The second-order valence-corrected chi connectivity index (χ2v) is 10.3. The summed E-state index contributed by atoms with van der Waals surface area (Å²) in [6.07, 6.45) is 11.9. The predicted molar refractivity (Wildman–Crippen MR) is 137 cm³/mol. The Morgan fingerprint density at radius 3 is 2.56 bits per heavy atom. The molecule has 0 aromatic rings. The quantitative estimate of drug-likeness (QED) is 0.535. The van der Waals surface area contributed by atoms with Crippen molar-refractivity contribution in [1.82, 2.24) is 15.5 Å². The fourth-order valence-corrected chi connectivity index (χ4v) is 5.53. The van der Waals surface area contributed by atoms with E-state index in [-0.39, 0.29) is 35.9 Å². The van der Waals surface area contributed by atoms with Gasteiger partial charge in [0.15, 0.2) is 12.0 Å². The Kier molecular flexibility index (Phi) is 8.69. The molecule has 2 aliphatic heterocycles. The number of carbonyl (C=O) groups is 3. The summed E-state index contributed by atoms with van der Waals surface area (Å²) in [4.78, 5) is 50.2. The standard InChI is InChI=1S/C27H38FN5O3/c1-3-19-12-7-8-15-33(19)23(34)16-22(31-26(35)18-10-5-4-6-11-18)27(36)29-17(2)25-30-21-14-9-13-20(28)24(21)32-25/h9,13-14,17-20,22H,3-8,10-12,15-16H2,1-2H3,(H,29,36)(H,31,35)/t17-,19-,20?,22-/m0/s1. The first-order valence-electron chi connectivity index (χ1n) is 13.5. The SMILES string of the molecule is CC[C@H]1CCCCN1C(=O)C[C@H](NC(=O)C1CCCCC1)C(=O)N[C@@H](C)C1=NC2=CC=CC(F)C2=N1. The van der Waals surface area contributed by atoms with Gasteiger partial charge in [-0.25, -0.2) is 14.4 Å². The van der Waals surface area contributed by atoms with E-state index >= 15 is 0 Å². The molecule has 1 saturated heterocycles. The molecule has 4 aliphatic rings. The lowest BCUT2D eigenvalue weighted by Gasteiger charge is -2.36.